The van der Waals surface area contributed by atoms with Crippen molar-refractivity contribution in [3.63, 3.8) is 0 Å². The Balaban J connectivity index is 1.97. The van der Waals surface area contributed by atoms with E-state index in [4.69, 9.17) is 0 Å². The fraction of sp³-hybridized carbons (Fsp3) is 0.533. The third-order valence-corrected chi connectivity index (χ3v) is 4.59. The first kappa shape index (κ1) is 17.8. The molecule has 1 heterocycles. The van der Waals surface area contributed by atoms with Crippen LogP contribution in [0.3, 0.4) is 0 Å². The van der Waals surface area contributed by atoms with Gasteiger partial charge >= 0.3 is 0 Å². The van der Waals surface area contributed by atoms with Crippen molar-refractivity contribution in [1.82, 2.24) is 9.62 Å². The Bertz CT molecular complexity index is 665. The number of rotatable bonds is 5. The Hall–Kier alpha value is -1.51. The van der Waals surface area contributed by atoms with Gasteiger partial charge in [-0.05, 0) is 30.5 Å². The van der Waals surface area contributed by atoms with Crippen molar-refractivity contribution in [3.8, 4) is 0 Å². The average molecular weight is 344 g/mol. The van der Waals surface area contributed by atoms with Crippen molar-refractivity contribution >= 4 is 15.9 Å². The highest BCUT2D eigenvalue weighted by molar-refractivity contribution is 7.88. The van der Waals surface area contributed by atoms with Gasteiger partial charge in [0.1, 0.15) is 5.82 Å². The summed E-state index contributed by atoms with van der Waals surface area (Å²) in [6, 6.07) is 6.16. The van der Waals surface area contributed by atoms with E-state index < -0.39 is 16.1 Å². The molecule has 1 aromatic carbocycles. The smallest absolute Gasteiger partial charge is 0.237 e. The van der Waals surface area contributed by atoms with Gasteiger partial charge in [0, 0.05) is 19.0 Å². The van der Waals surface area contributed by atoms with Gasteiger partial charge in [0.05, 0.1) is 18.9 Å². The van der Waals surface area contributed by atoms with E-state index in [0.717, 1.165) is 11.8 Å². The van der Waals surface area contributed by atoms with Crippen LogP contribution in [0.25, 0.3) is 0 Å². The number of amides is 1. The second-order valence-electron chi connectivity index (χ2n) is 5.88. The van der Waals surface area contributed by atoms with Gasteiger partial charge in [0.15, 0.2) is 0 Å². The lowest BCUT2D eigenvalue weighted by Gasteiger charge is -2.36. The summed E-state index contributed by atoms with van der Waals surface area (Å²) in [5.74, 6) is -0.864. The van der Waals surface area contributed by atoms with E-state index in [1.54, 1.807) is 12.1 Å². The van der Waals surface area contributed by atoms with E-state index >= 15 is 0 Å². The first-order valence-corrected chi connectivity index (χ1v) is 9.28. The largest absolute Gasteiger partial charge is 0.393 e. The number of likely N-dealkylation sites (tertiary alicyclic amines) is 1. The topological polar surface area (TPSA) is 86.7 Å². The number of hydrogen-bond donors (Lipinski definition) is 2. The van der Waals surface area contributed by atoms with E-state index in [1.165, 1.54) is 17.0 Å². The summed E-state index contributed by atoms with van der Waals surface area (Å²) in [7, 11) is -3.42. The van der Waals surface area contributed by atoms with Crippen molar-refractivity contribution < 1.29 is 22.7 Å². The molecule has 1 saturated heterocycles. The van der Waals surface area contributed by atoms with Crippen LogP contribution >= 0.6 is 0 Å². The summed E-state index contributed by atoms with van der Waals surface area (Å²) in [6.07, 6.45) is 1.31. The Morgan fingerprint density at radius 1 is 1.48 bits per heavy atom. The first-order chi connectivity index (χ1) is 10.7. The Morgan fingerprint density at radius 2 is 2.22 bits per heavy atom. The van der Waals surface area contributed by atoms with E-state index in [0.29, 0.717) is 25.9 Å². The minimum Gasteiger partial charge on any atom is -0.393 e. The van der Waals surface area contributed by atoms with Gasteiger partial charge in [-0.1, -0.05) is 12.1 Å². The molecule has 2 rings (SSSR count). The highest BCUT2D eigenvalue weighted by atomic mass is 32.2. The molecule has 8 heteroatoms. The van der Waals surface area contributed by atoms with Gasteiger partial charge in [0.25, 0.3) is 0 Å². The maximum absolute atomic E-state index is 13.2. The number of aliphatic hydroxyl groups is 1. The fourth-order valence-corrected chi connectivity index (χ4v) is 3.10. The number of halogens is 1. The molecular weight excluding hydrogens is 323 g/mol. The molecule has 23 heavy (non-hydrogen) atoms. The van der Waals surface area contributed by atoms with E-state index in [9.17, 15) is 22.7 Å². The average Bonchev–Trinajstić information content (AvgIpc) is 2.46. The summed E-state index contributed by atoms with van der Waals surface area (Å²) < 4.78 is 37.5. The predicted octanol–water partition coefficient (Wildman–Crippen LogP) is 0.127. The normalized spacial score (nSPS) is 22.1. The zero-order valence-corrected chi connectivity index (χ0v) is 13.7. The van der Waals surface area contributed by atoms with Crippen LogP contribution in [0.1, 0.15) is 12.0 Å². The van der Waals surface area contributed by atoms with Crippen LogP contribution in [-0.4, -0.2) is 56.3 Å². The zero-order chi connectivity index (χ0) is 17.0. The van der Waals surface area contributed by atoms with Crippen LogP contribution in [0.5, 0.6) is 0 Å². The molecule has 1 fully saturated rings. The maximum Gasteiger partial charge on any atom is 0.237 e. The number of aliphatic hydroxyl groups excluding tert-OH is 1. The monoisotopic (exact) mass is 344 g/mol. The summed E-state index contributed by atoms with van der Waals surface area (Å²) in [5.41, 5.74) is 0.762. The second kappa shape index (κ2) is 7.37. The van der Waals surface area contributed by atoms with Gasteiger partial charge in [-0.2, -0.15) is 0 Å². The fourth-order valence-electron chi connectivity index (χ4n) is 2.72. The van der Waals surface area contributed by atoms with Crippen LogP contribution in [-0.2, 0) is 21.2 Å². The molecule has 2 N–H and O–H groups in total. The van der Waals surface area contributed by atoms with Crippen molar-refractivity contribution in [2.24, 2.45) is 5.92 Å². The van der Waals surface area contributed by atoms with Crippen molar-refractivity contribution in [1.29, 1.82) is 0 Å². The lowest BCUT2D eigenvalue weighted by Crippen LogP contribution is -2.49. The number of carbonyl (C=O) groups is 1. The third-order valence-electron chi connectivity index (χ3n) is 3.92. The molecule has 0 unspecified atom stereocenters. The number of sulfonamides is 1. The van der Waals surface area contributed by atoms with Crippen molar-refractivity contribution in [2.75, 3.05) is 25.9 Å². The SMILES string of the molecule is CS(=O)(=O)NCC(=O)N1CC[C@@H](O)[C@H](Cc2cccc(F)c2)C1. The Kier molecular flexibility index (Phi) is 5.72. The molecule has 1 aliphatic rings. The lowest BCUT2D eigenvalue weighted by atomic mass is 9.88. The second-order valence-corrected chi connectivity index (χ2v) is 7.72. The zero-order valence-electron chi connectivity index (χ0n) is 12.9. The highest BCUT2D eigenvalue weighted by Crippen LogP contribution is 2.22. The molecule has 1 amide bonds. The van der Waals surface area contributed by atoms with E-state index in [1.807, 2.05) is 0 Å². The summed E-state index contributed by atoms with van der Waals surface area (Å²) in [5, 5.41) is 10.1. The molecule has 0 aliphatic carbocycles. The van der Waals surface area contributed by atoms with Crippen LogP contribution in [0, 0.1) is 11.7 Å². The molecule has 0 radical (unpaired) electrons. The van der Waals surface area contributed by atoms with Gasteiger partial charge in [-0.25, -0.2) is 17.5 Å². The number of piperidine rings is 1. The minimum absolute atomic E-state index is 0.201. The van der Waals surface area contributed by atoms with Gasteiger partial charge in [0.2, 0.25) is 15.9 Å². The Morgan fingerprint density at radius 3 is 2.87 bits per heavy atom. The van der Waals surface area contributed by atoms with E-state index in [2.05, 4.69) is 4.72 Å². The van der Waals surface area contributed by atoms with Gasteiger partial charge in [-0.3, -0.25) is 4.79 Å². The van der Waals surface area contributed by atoms with Crippen LogP contribution < -0.4 is 4.72 Å². The lowest BCUT2D eigenvalue weighted by molar-refractivity contribution is -0.133. The number of benzene rings is 1. The van der Waals surface area contributed by atoms with Crippen molar-refractivity contribution in [2.45, 2.75) is 18.9 Å². The van der Waals surface area contributed by atoms with Crippen LogP contribution in [0.15, 0.2) is 24.3 Å². The number of carbonyl (C=O) groups excluding carboxylic acids is 1. The molecule has 6 nitrogen and oxygen atoms in total. The van der Waals surface area contributed by atoms with Crippen LogP contribution in [0.2, 0.25) is 0 Å². The molecule has 0 bridgehead atoms. The molecule has 0 saturated carbocycles. The van der Waals surface area contributed by atoms with E-state index in [-0.39, 0.29) is 24.2 Å². The quantitative estimate of drug-likeness (QED) is 0.795. The first-order valence-electron chi connectivity index (χ1n) is 7.39. The van der Waals surface area contributed by atoms with Crippen molar-refractivity contribution in [3.05, 3.63) is 35.6 Å². The highest BCUT2D eigenvalue weighted by Gasteiger charge is 2.30. The number of nitrogens with one attached hydrogen (secondary N) is 1. The molecule has 0 spiro atoms. The molecule has 1 aliphatic heterocycles. The van der Waals surface area contributed by atoms with Gasteiger partial charge in [-0.15, -0.1) is 0 Å². The standard InChI is InChI=1S/C15H21FN2O4S/c1-23(21,22)17-9-15(20)18-6-5-14(19)12(10-18)7-11-3-2-4-13(16)8-11/h2-4,8,12,14,17,19H,5-7,9-10H2,1H3/t12-,14-/m1/s1. The number of nitrogens with zero attached hydrogens (tertiary/aromatic N) is 1. The summed E-state index contributed by atoms with van der Waals surface area (Å²) in [6.45, 7) is 0.411. The predicted molar refractivity (Wildman–Crippen MR) is 83.6 cm³/mol. The van der Waals surface area contributed by atoms with Gasteiger partial charge < -0.3 is 10.0 Å². The summed E-state index contributed by atoms with van der Waals surface area (Å²) >= 11 is 0. The molecule has 1 aromatic rings. The maximum atomic E-state index is 13.2. The Labute approximate surface area is 135 Å². The number of hydrogen-bond acceptors (Lipinski definition) is 4. The molecular formula is C15H21FN2O4S. The third kappa shape index (κ3) is 5.56. The molecule has 0 aromatic heterocycles. The molecule has 2 atom stereocenters. The van der Waals surface area contributed by atoms with Crippen LogP contribution in [0.4, 0.5) is 4.39 Å². The minimum atomic E-state index is -3.42. The summed E-state index contributed by atoms with van der Waals surface area (Å²) in [4.78, 5) is 13.6. The molecule has 128 valence electrons.